The molecule has 146 valence electrons. The van der Waals surface area contributed by atoms with Crippen LogP contribution in [0.2, 0.25) is 0 Å². The summed E-state index contributed by atoms with van der Waals surface area (Å²) in [6, 6.07) is 7.47. The molecular weight excluding hydrogens is 346 g/mol. The van der Waals surface area contributed by atoms with E-state index in [0.29, 0.717) is 24.7 Å². The van der Waals surface area contributed by atoms with Gasteiger partial charge in [-0.25, -0.2) is 0 Å². The molecule has 1 aromatic heterocycles. The van der Waals surface area contributed by atoms with Gasteiger partial charge in [-0.1, -0.05) is 23.4 Å². The van der Waals surface area contributed by atoms with E-state index in [1.165, 1.54) is 6.92 Å². The first-order valence-electron chi connectivity index (χ1n) is 9.30. The number of benzene rings is 1. The van der Waals surface area contributed by atoms with E-state index >= 15 is 0 Å². The fourth-order valence-corrected chi connectivity index (χ4v) is 3.29. The van der Waals surface area contributed by atoms with Crippen molar-refractivity contribution in [3.05, 3.63) is 41.5 Å². The maximum Gasteiger partial charge on any atom is 0.229 e. The van der Waals surface area contributed by atoms with Crippen molar-refractivity contribution in [2.45, 2.75) is 32.4 Å². The van der Waals surface area contributed by atoms with E-state index in [9.17, 15) is 4.79 Å². The van der Waals surface area contributed by atoms with Crippen LogP contribution in [0.5, 0.6) is 5.75 Å². The molecule has 8 nitrogen and oxygen atoms in total. The number of hydrogen-bond acceptors (Lipinski definition) is 7. The van der Waals surface area contributed by atoms with Crippen LogP contribution in [0.15, 0.2) is 28.8 Å². The fourth-order valence-electron chi connectivity index (χ4n) is 3.29. The molecule has 1 fully saturated rings. The molecule has 2 N–H and O–H groups in total. The van der Waals surface area contributed by atoms with E-state index in [1.807, 2.05) is 31.2 Å². The molecule has 1 saturated heterocycles. The molecule has 27 heavy (non-hydrogen) atoms. The monoisotopic (exact) mass is 373 g/mol. The molecule has 0 spiro atoms. The zero-order chi connectivity index (χ0) is 19.2. The SMILES string of the molecule is CCOc1ccccc1C(Cc1nc(C2CNCCN2C)no1)NC(C)=O. The molecule has 2 atom stereocenters. The second-order valence-corrected chi connectivity index (χ2v) is 6.67. The van der Waals surface area contributed by atoms with Crippen molar-refractivity contribution in [2.24, 2.45) is 0 Å². The highest BCUT2D eigenvalue weighted by atomic mass is 16.5. The van der Waals surface area contributed by atoms with E-state index in [0.717, 1.165) is 30.9 Å². The number of ether oxygens (including phenoxy) is 1. The van der Waals surface area contributed by atoms with E-state index in [2.05, 4.69) is 32.7 Å². The molecule has 2 heterocycles. The highest BCUT2D eigenvalue weighted by Gasteiger charge is 2.27. The molecule has 0 bridgehead atoms. The fraction of sp³-hybridized carbons (Fsp3) is 0.526. The van der Waals surface area contributed by atoms with Crippen LogP contribution in [0.3, 0.4) is 0 Å². The van der Waals surface area contributed by atoms with Gasteiger partial charge in [-0.15, -0.1) is 0 Å². The average Bonchev–Trinajstić information content (AvgIpc) is 3.10. The minimum atomic E-state index is -0.305. The van der Waals surface area contributed by atoms with E-state index in [-0.39, 0.29) is 18.0 Å². The van der Waals surface area contributed by atoms with E-state index in [4.69, 9.17) is 9.26 Å². The quantitative estimate of drug-likeness (QED) is 0.759. The zero-order valence-corrected chi connectivity index (χ0v) is 16.1. The Morgan fingerprint density at radius 2 is 2.30 bits per heavy atom. The smallest absolute Gasteiger partial charge is 0.229 e. The molecule has 0 saturated carbocycles. The van der Waals surface area contributed by atoms with Crippen molar-refractivity contribution in [1.29, 1.82) is 0 Å². The predicted molar refractivity (Wildman–Crippen MR) is 100 cm³/mol. The lowest BCUT2D eigenvalue weighted by Crippen LogP contribution is -2.44. The summed E-state index contributed by atoms with van der Waals surface area (Å²) in [6.45, 7) is 6.66. The lowest BCUT2D eigenvalue weighted by atomic mass is 10.0. The number of carbonyl (C=O) groups excluding carboxylic acids is 1. The van der Waals surface area contributed by atoms with Crippen LogP contribution in [0.25, 0.3) is 0 Å². The number of nitrogens with one attached hydrogen (secondary N) is 2. The summed E-state index contributed by atoms with van der Waals surface area (Å²) >= 11 is 0. The van der Waals surface area contributed by atoms with Crippen LogP contribution in [0, 0.1) is 0 Å². The Morgan fingerprint density at radius 1 is 1.48 bits per heavy atom. The van der Waals surface area contributed by atoms with Gasteiger partial charge in [0.05, 0.1) is 25.1 Å². The molecule has 1 amide bonds. The molecule has 3 rings (SSSR count). The third-order valence-electron chi connectivity index (χ3n) is 4.64. The number of hydrogen-bond donors (Lipinski definition) is 2. The second kappa shape index (κ2) is 8.96. The van der Waals surface area contributed by atoms with Gasteiger partial charge in [-0.2, -0.15) is 4.98 Å². The number of amides is 1. The van der Waals surface area contributed by atoms with Gasteiger partial charge in [0.1, 0.15) is 5.75 Å². The van der Waals surface area contributed by atoms with Crippen LogP contribution < -0.4 is 15.4 Å². The Morgan fingerprint density at radius 3 is 3.04 bits per heavy atom. The second-order valence-electron chi connectivity index (χ2n) is 6.67. The van der Waals surface area contributed by atoms with Crippen molar-refractivity contribution in [1.82, 2.24) is 25.7 Å². The molecular formula is C19H27N5O3. The molecule has 2 aromatic rings. The van der Waals surface area contributed by atoms with Gasteiger partial charge in [-0.3, -0.25) is 9.69 Å². The van der Waals surface area contributed by atoms with Crippen LogP contribution in [-0.2, 0) is 11.2 Å². The summed E-state index contributed by atoms with van der Waals surface area (Å²) in [5, 5.41) is 10.5. The highest BCUT2D eigenvalue weighted by molar-refractivity contribution is 5.73. The van der Waals surface area contributed by atoms with Crippen molar-refractivity contribution >= 4 is 5.91 Å². The van der Waals surface area contributed by atoms with Crippen LogP contribution in [0.1, 0.15) is 43.2 Å². The largest absolute Gasteiger partial charge is 0.494 e. The Bertz CT molecular complexity index is 763. The molecule has 1 aliphatic rings. The molecule has 0 aliphatic carbocycles. The van der Waals surface area contributed by atoms with Gasteiger partial charge in [0.2, 0.25) is 11.8 Å². The molecule has 1 aliphatic heterocycles. The van der Waals surface area contributed by atoms with Gasteiger partial charge >= 0.3 is 0 Å². The Hall–Kier alpha value is -2.45. The number of aromatic nitrogens is 2. The van der Waals surface area contributed by atoms with Gasteiger partial charge in [-0.05, 0) is 20.0 Å². The Kier molecular flexibility index (Phi) is 6.41. The third-order valence-corrected chi connectivity index (χ3v) is 4.64. The molecule has 2 unspecified atom stereocenters. The maximum atomic E-state index is 11.7. The first-order valence-corrected chi connectivity index (χ1v) is 9.30. The molecule has 1 aromatic carbocycles. The van der Waals surface area contributed by atoms with Crippen molar-refractivity contribution in [2.75, 3.05) is 33.3 Å². The first-order chi connectivity index (χ1) is 13.1. The summed E-state index contributed by atoms with van der Waals surface area (Å²) in [6.07, 6.45) is 0.403. The van der Waals surface area contributed by atoms with Crippen LogP contribution >= 0.6 is 0 Å². The highest BCUT2D eigenvalue weighted by Crippen LogP contribution is 2.28. The summed E-state index contributed by atoms with van der Waals surface area (Å²) in [5.41, 5.74) is 0.894. The van der Waals surface area contributed by atoms with Gasteiger partial charge in [0.15, 0.2) is 5.82 Å². The third kappa shape index (κ3) is 4.84. The summed E-state index contributed by atoms with van der Waals surface area (Å²) < 4.78 is 11.2. The Balaban J connectivity index is 1.80. The van der Waals surface area contributed by atoms with Crippen molar-refractivity contribution < 1.29 is 14.1 Å². The Labute approximate surface area is 159 Å². The van der Waals surface area contributed by atoms with Gasteiger partial charge in [0, 0.05) is 32.1 Å². The van der Waals surface area contributed by atoms with E-state index < -0.39 is 0 Å². The topological polar surface area (TPSA) is 92.5 Å². The van der Waals surface area contributed by atoms with Crippen molar-refractivity contribution in [3.63, 3.8) is 0 Å². The minimum Gasteiger partial charge on any atom is -0.494 e. The molecule has 8 heteroatoms. The van der Waals surface area contributed by atoms with E-state index in [1.54, 1.807) is 0 Å². The zero-order valence-electron chi connectivity index (χ0n) is 16.1. The predicted octanol–water partition coefficient (Wildman–Crippen LogP) is 1.46. The van der Waals surface area contributed by atoms with Gasteiger partial charge < -0.3 is 19.9 Å². The summed E-state index contributed by atoms with van der Waals surface area (Å²) in [7, 11) is 2.06. The number of likely N-dealkylation sites (N-methyl/N-ethyl adjacent to an activating group) is 1. The number of nitrogens with zero attached hydrogens (tertiary/aromatic N) is 3. The number of rotatable bonds is 7. The number of para-hydroxylation sites is 1. The van der Waals surface area contributed by atoms with Crippen LogP contribution in [-0.4, -0.2) is 54.2 Å². The molecule has 0 radical (unpaired) electrons. The minimum absolute atomic E-state index is 0.0891. The van der Waals surface area contributed by atoms with Gasteiger partial charge in [0.25, 0.3) is 0 Å². The number of carbonyl (C=O) groups is 1. The number of piperazine rings is 1. The first kappa shape index (κ1) is 19.3. The lowest BCUT2D eigenvalue weighted by molar-refractivity contribution is -0.119. The van der Waals surface area contributed by atoms with Crippen LogP contribution in [0.4, 0.5) is 0 Å². The normalized spacial score (nSPS) is 18.9. The summed E-state index contributed by atoms with van der Waals surface area (Å²) in [4.78, 5) is 18.5. The lowest BCUT2D eigenvalue weighted by Gasteiger charge is -2.30. The van der Waals surface area contributed by atoms with Crippen molar-refractivity contribution in [3.8, 4) is 5.75 Å². The maximum absolute atomic E-state index is 11.7. The summed E-state index contributed by atoms with van der Waals surface area (Å²) in [5.74, 6) is 1.78. The standard InChI is InChI=1S/C19H27N5O3/c1-4-26-17-8-6-5-7-14(17)15(21-13(2)25)11-18-22-19(23-27-18)16-12-20-9-10-24(16)3/h5-8,15-16,20H,4,9-12H2,1-3H3,(H,21,25). The average molecular weight is 373 g/mol.